The first-order chi connectivity index (χ1) is 7.49. The Morgan fingerprint density at radius 1 is 1.44 bits per heavy atom. The van der Waals surface area contributed by atoms with Crippen molar-refractivity contribution in [2.45, 2.75) is 32.8 Å². The number of aliphatic hydroxyl groups is 2. The molecule has 16 heavy (non-hydrogen) atoms. The van der Waals surface area contributed by atoms with Crippen molar-refractivity contribution in [2.24, 2.45) is 17.6 Å². The molecule has 0 heterocycles. The third-order valence-corrected chi connectivity index (χ3v) is 2.36. The fraction of sp³-hybridized carbons (Fsp3) is 0.909. The van der Waals surface area contributed by atoms with Gasteiger partial charge in [0.05, 0.1) is 12.7 Å². The number of hydrogen-bond acceptors (Lipinski definition) is 4. The highest BCUT2D eigenvalue weighted by Gasteiger charge is 2.14. The van der Waals surface area contributed by atoms with E-state index in [1.807, 2.05) is 0 Å². The second-order valence-electron chi connectivity index (χ2n) is 4.58. The predicted molar refractivity (Wildman–Crippen MR) is 62.7 cm³/mol. The molecule has 0 aliphatic carbocycles. The van der Waals surface area contributed by atoms with Gasteiger partial charge in [-0.3, -0.25) is 4.79 Å². The number of carbonyl (C=O) groups excluding carboxylic acids is 1. The second kappa shape index (κ2) is 8.50. The number of carbonyl (C=O) groups is 1. The normalized spacial score (nSPS) is 14.9. The van der Waals surface area contributed by atoms with Crippen LogP contribution in [0.25, 0.3) is 0 Å². The van der Waals surface area contributed by atoms with Crippen LogP contribution in [0.2, 0.25) is 0 Å². The molecule has 0 radical (unpaired) electrons. The standard InChI is InChI=1S/C11H24N2O3/c1-8(2)3-9(5-12)4-11(16)13-6-10(15)7-14/h8-10,14-15H,3-7,12H2,1-2H3,(H,13,16)/t9-,10?/m0/s1. The Morgan fingerprint density at radius 2 is 2.06 bits per heavy atom. The number of amides is 1. The summed E-state index contributed by atoms with van der Waals surface area (Å²) in [7, 11) is 0. The van der Waals surface area contributed by atoms with Gasteiger partial charge in [-0.1, -0.05) is 13.8 Å². The Morgan fingerprint density at radius 3 is 2.50 bits per heavy atom. The summed E-state index contributed by atoms with van der Waals surface area (Å²) >= 11 is 0. The first-order valence-corrected chi connectivity index (χ1v) is 5.75. The van der Waals surface area contributed by atoms with Crippen molar-refractivity contribution in [3.63, 3.8) is 0 Å². The lowest BCUT2D eigenvalue weighted by atomic mass is 9.94. The van der Waals surface area contributed by atoms with E-state index in [9.17, 15) is 4.79 Å². The van der Waals surface area contributed by atoms with E-state index in [2.05, 4.69) is 19.2 Å². The summed E-state index contributed by atoms with van der Waals surface area (Å²) in [5, 5.41) is 20.2. The van der Waals surface area contributed by atoms with Gasteiger partial charge >= 0.3 is 0 Å². The van der Waals surface area contributed by atoms with E-state index in [-0.39, 0.29) is 25.0 Å². The van der Waals surface area contributed by atoms with Crippen molar-refractivity contribution in [1.82, 2.24) is 5.32 Å². The predicted octanol–water partition coefficient (Wildman–Crippen LogP) is -0.533. The van der Waals surface area contributed by atoms with E-state index < -0.39 is 6.10 Å². The summed E-state index contributed by atoms with van der Waals surface area (Å²) in [5.74, 6) is 0.583. The van der Waals surface area contributed by atoms with E-state index in [4.69, 9.17) is 15.9 Å². The molecule has 0 aromatic rings. The molecule has 0 saturated carbocycles. The third kappa shape index (κ3) is 7.62. The Labute approximate surface area is 97.0 Å². The Kier molecular flexibility index (Phi) is 8.15. The van der Waals surface area contributed by atoms with Crippen molar-refractivity contribution in [3.05, 3.63) is 0 Å². The second-order valence-corrected chi connectivity index (χ2v) is 4.58. The topological polar surface area (TPSA) is 95.6 Å². The Bertz CT molecular complexity index is 198. The molecule has 5 heteroatoms. The van der Waals surface area contributed by atoms with Crippen molar-refractivity contribution >= 4 is 5.91 Å². The molecular weight excluding hydrogens is 208 g/mol. The van der Waals surface area contributed by atoms with Crippen LogP contribution in [-0.4, -0.2) is 41.9 Å². The van der Waals surface area contributed by atoms with Crippen molar-refractivity contribution in [2.75, 3.05) is 19.7 Å². The summed E-state index contributed by atoms with van der Waals surface area (Å²) in [6.07, 6.45) is 0.421. The minimum Gasteiger partial charge on any atom is -0.394 e. The molecular formula is C11H24N2O3. The number of aliphatic hydroxyl groups excluding tert-OH is 2. The molecule has 5 nitrogen and oxygen atoms in total. The minimum atomic E-state index is -0.884. The monoisotopic (exact) mass is 232 g/mol. The summed E-state index contributed by atoms with van der Waals surface area (Å²) in [4.78, 5) is 11.5. The molecule has 0 bridgehead atoms. The fourth-order valence-electron chi connectivity index (χ4n) is 1.56. The summed E-state index contributed by atoms with van der Waals surface area (Å²) in [5.41, 5.74) is 5.58. The maximum atomic E-state index is 11.5. The summed E-state index contributed by atoms with van der Waals surface area (Å²) < 4.78 is 0. The molecule has 1 unspecified atom stereocenters. The van der Waals surface area contributed by atoms with Crippen LogP contribution in [-0.2, 0) is 4.79 Å². The fourth-order valence-corrected chi connectivity index (χ4v) is 1.56. The van der Waals surface area contributed by atoms with Gasteiger partial charge in [0.1, 0.15) is 0 Å². The number of nitrogens with one attached hydrogen (secondary N) is 1. The van der Waals surface area contributed by atoms with E-state index >= 15 is 0 Å². The van der Waals surface area contributed by atoms with Crippen molar-refractivity contribution in [3.8, 4) is 0 Å². The van der Waals surface area contributed by atoms with E-state index in [1.54, 1.807) is 0 Å². The molecule has 0 fully saturated rings. The van der Waals surface area contributed by atoms with Gasteiger partial charge in [-0.15, -0.1) is 0 Å². The molecule has 5 N–H and O–H groups in total. The molecule has 0 spiro atoms. The van der Waals surface area contributed by atoms with Crippen LogP contribution in [0.1, 0.15) is 26.7 Å². The molecule has 0 aliphatic heterocycles. The molecule has 0 aromatic heterocycles. The van der Waals surface area contributed by atoms with Crippen LogP contribution >= 0.6 is 0 Å². The first-order valence-electron chi connectivity index (χ1n) is 5.75. The molecule has 2 atom stereocenters. The van der Waals surface area contributed by atoms with Gasteiger partial charge in [-0.25, -0.2) is 0 Å². The average Bonchev–Trinajstić information content (AvgIpc) is 2.24. The van der Waals surface area contributed by atoms with Crippen LogP contribution in [0.15, 0.2) is 0 Å². The van der Waals surface area contributed by atoms with Crippen LogP contribution in [0.3, 0.4) is 0 Å². The highest BCUT2D eigenvalue weighted by molar-refractivity contribution is 5.76. The molecule has 0 aliphatic rings. The van der Waals surface area contributed by atoms with E-state index in [1.165, 1.54) is 0 Å². The molecule has 0 rings (SSSR count). The van der Waals surface area contributed by atoms with Gasteiger partial charge in [0.2, 0.25) is 5.91 Å². The Hall–Kier alpha value is -0.650. The molecule has 0 aromatic carbocycles. The number of hydrogen-bond donors (Lipinski definition) is 4. The van der Waals surface area contributed by atoms with Gasteiger partial charge < -0.3 is 21.3 Å². The van der Waals surface area contributed by atoms with E-state index in [0.717, 1.165) is 6.42 Å². The average molecular weight is 232 g/mol. The van der Waals surface area contributed by atoms with Crippen LogP contribution in [0.5, 0.6) is 0 Å². The van der Waals surface area contributed by atoms with Gasteiger partial charge in [0.25, 0.3) is 0 Å². The summed E-state index contributed by atoms with van der Waals surface area (Å²) in [6, 6.07) is 0. The SMILES string of the molecule is CC(C)C[C@H](CN)CC(=O)NCC(O)CO. The lowest BCUT2D eigenvalue weighted by Crippen LogP contribution is -2.35. The van der Waals surface area contributed by atoms with Gasteiger partial charge in [-0.05, 0) is 24.8 Å². The van der Waals surface area contributed by atoms with Crippen molar-refractivity contribution < 1.29 is 15.0 Å². The third-order valence-electron chi connectivity index (χ3n) is 2.36. The first kappa shape index (κ1) is 15.3. The van der Waals surface area contributed by atoms with Crippen molar-refractivity contribution in [1.29, 1.82) is 0 Å². The molecule has 1 amide bonds. The van der Waals surface area contributed by atoms with Crippen LogP contribution in [0.4, 0.5) is 0 Å². The zero-order valence-corrected chi connectivity index (χ0v) is 10.1. The molecule has 0 saturated heterocycles. The largest absolute Gasteiger partial charge is 0.394 e. The Balaban J connectivity index is 3.82. The highest BCUT2D eigenvalue weighted by atomic mass is 16.3. The zero-order valence-electron chi connectivity index (χ0n) is 10.1. The smallest absolute Gasteiger partial charge is 0.220 e. The van der Waals surface area contributed by atoms with Crippen LogP contribution < -0.4 is 11.1 Å². The lowest BCUT2D eigenvalue weighted by molar-refractivity contribution is -0.122. The van der Waals surface area contributed by atoms with E-state index in [0.29, 0.717) is 18.9 Å². The quantitative estimate of drug-likeness (QED) is 0.452. The summed E-state index contributed by atoms with van der Waals surface area (Å²) in [6.45, 7) is 4.43. The zero-order chi connectivity index (χ0) is 12.6. The number of rotatable bonds is 8. The molecule has 96 valence electrons. The number of nitrogens with two attached hydrogens (primary N) is 1. The maximum Gasteiger partial charge on any atom is 0.220 e. The van der Waals surface area contributed by atoms with Crippen LogP contribution in [0, 0.1) is 11.8 Å². The highest BCUT2D eigenvalue weighted by Crippen LogP contribution is 2.13. The van der Waals surface area contributed by atoms with Gasteiger partial charge in [0, 0.05) is 13.0 Å². The minimum absolute atomic E-state index is 0.0916. The lowest BCUT2D eigenvalue weighted by Gasteiger charge is -2.17. The maximum absolute atomic E-state index is 11.5. The van der Waals surface area contributed by atoms with Gasteiger partial charge in [-0.2, -0.15) is 0 Å². The van der Waals surface area contributed by atoms with Gasteiger partial charge in [0.15, 0.2) is 0 Å².